The maximum absolute atomic E-state index is 11.0. The lowest BCUT2D eigenvalue weighted by Gasteiger charge is -2.08. The first-order chi connectivity index (χ1) is 9.96. The number of unbranched alkanes of at least 4 members (excludes halogenated alkanes) is 5. The monoisotopic (exact) mass is 317 g/mol. The number of aryl methyl sites for hydroxylation is 1. The molecule has 6 heteroatoms. The van der Waals surface area contributed by atoms with Gasteiger partial charge in [-0.25, -0.2) is 9.13 Å². The molecule has 0 aliphatic carbocycles. The van der Waals surface area contributed by atoms with Crippen LogP contribution in [-0.4, -0.2) is 23.3 Å². The zero-order chi connectivity index (χ0) is 15.7. The first-order valence-corrected chi connectivity index (χ1v) is 9.59. The summed E-state index contributed by atoms with van der Waals surface area (Å²) in [5.41, 5.74) is 0. The van der Waals surface area contributed by atoms with Gasteiger partial charge in [0.2, 0.25) is 6.33 Å². The average molecular weight is 317 g/mol. The summed E-state index contributed by atoms with van der Waals surface area (Å²) in [6.45, 7) is 5.10. The minimum atomic E-state index is -3.93. The Hall–Kier alpha value is -0.880. The Morgan fingerprint density at radius 3 is 2.43 bits per heavy atom. The van der Waals surface area contributed by atoms with Gasteiger partial charge in [0.1, 0.15) is 24.2 Å². The summed E-state index contributed by atoms with van der Waals surface area (Å²) in [7, 11) is -3.93. The van der Waals surface area contributed by atoms with Crippen LogP contribution in [0.3, 0.4) is 0 Å². The minimum absolute atomic E-state index is 0.203. The number of rotatable bonds is 11. The van der Waals surface area contributed by atoms with E-state index in [0.29, 0.717) is 6.42 Å². The van der Waals surface area contributed by atoms with Crippen LogP contribution < -0.4 is 4.57 Å². The predicted octanol–water partition coefficient (Wildman–Crippen LogP) is 2.98. The van der Waals surface area contributed by atoms with Gasteiger partial charge in [0.15, 0.2) is 0 Å². The zero-order valence-corrected chi connectivity index (χ0v) is 14.1. The summed E-state index contributed by atoms with van der Waals surface area (Å²) < 4.78 is 35.0. The zero-order valence-electron chi connectivity index (χ0n) is 13.2. The Bertz CT molecular complexity index is 497. The second-order valence-electron chi connectivity index (χ2n) is 5.68. The molecule has 21 heavy (non-hydrogen) atoms. The molecule has 0 aliphatic rings. The van der Waals surface area contributed by atoms with Crippen LogP contribution in [0.1, 0.15) is 64.8 Å². The van der Waals surface area contributed by atoms with Crippen molar-refractivity contribution < 1.29 is 17.5 Å². The molecule has 0 spiro atoms. The summed E-state index contributed by atoms with van der Waals surface area (Å²) in [6.07, 6.45) is 14.0. The van der Waals surface area contributed by atoms with Gasteiger partial charge in [-0.3, -0.25) is 4.55 Å². The second-order valence-corrected chi connectivity index (χ2v) is 7.17. The molecule has 1 heterocycles. The molecule has 0 amide bonds. The third-order valence-electron chi connectivity index (χ3n) is 3.78. The minimum Gasteiger partial charge on any atom is -0.285 e. The van der Waals surface area contributed by atoms with E-state index in [0.717, 1.165) is 13.0 Å². The molecule has 1 unspecified atom stereocenters. The third kappa shape index (κ3) is 7.62. The second kappa shape index (κ2) is 9.20. The molecule has 0 radical (unpaired) electrons. The van der Waals surface area contributed by atoms with Crippen molar-refractivity contribution in [3.05, 3.63) is 18.7 Å². The fraction of sp³-hybridized carbons (Fsp3) is 0.800. The highest BCUT2D eigenvalue weighted by molar-refractivity contribution is 7.85. The Labute approximate surface area is 128 Å². The smallest absolute Gasteiger partial charge is 0.269 e. The molecular formula is C15H29N2O3S+. The van der Waals surface area contributed by atoms with Gasteiger partial charge in [0.25, 0.3) is 10.1 Å². The molecular weight excluding hydrogens is 288 g/mol. The Morgan fingerprint density at radius 1 is 1.14 bits per heavy atom. The highest BCUT2D eigenvalue weighted by Gasteiger charge is 2.21. The maximum Gasteiger partial charge on any atom is 0.269 e. The lowest BCUT2D eigenvalue weighted by atomic mass is 10.1. The van der Waals surface area contributed by atoms with Gasteiger partial charge < -0.3 is 0 Å². The fourth-order valence-electron chi connectivity index (χ4n) is 2.49. The lowest BCUT2D eigenvalue weighted by molar-refractivity contribution is -0.697. The van der Waals surface area contributed by atoms with E-state index in [1.165, 1.54) is 32.1 Å². The van der Waals surface area contributed by atoms with Crippen LogP contribution in [0.15, 0.2) is 18.7 Å². The molecule has 1 atom stereocenters. The first-order valence-electron chi connectivity index (χ1n) is 7.98. The van der Waals surface area contributed by atoms with Gasteiger partial charge in [-0.05, 0) is 19.3 Å². The summed E-state index contributed by atoms with van der Waals surface area (Å²) >= 11 is 0. The molecule has 0 bridgehead atoms. The van der Waals surface area contributed by atoms with Gasteiger partial charge in [0, 0.05) is 0 Å². The van der Waals surface area contributed by atoms with Crippen LogP contribution in [-0.2, 0) is 16.7 Å². The number of hydrogen-bond acceptors (Lipinski definition) is 2. The molecule has 5 nitrogen and oxygen atoms in total. The van der Waals surface area contributed by atoms with E-state index < -0.39 is 10.1 Å². The summed E-state index contributed by atoms with van der Waals surface area (Å²) in [5.74, 6) is -0.227. The fourth-order valence-corrected chi connectivity index (χ4v) is 3.39. The van der Waals surface area contributed by atoms with Gasteiger partial charge in [0.05, 0.1) is 6.54 Å². The Morgan fingerprint density at radius 2 is 1.81 bits per heavy atom. The predicted molar refractivity (Wildman–Crippen MR) is 83.7 cm³/mol. The van der Waals surface area contributed by atoms with E-state index in [1.807, 2.05) is 30.2 Å². The normalized spacial score (nSPS) is 13.5. The first kappa shape index (κ1) is 18.2. The van der Waals surface area contributed by atoms with Crippen LogP contribution >= 0.6 is 0 Å². The van der Waals surface area contributed by atoms with Crippen LogP contribution in [0, 0.1) is 0 Å². The molecule has 0 aliphatic heterocycles. The molecule has 122 valence electrons. The summed E-state index contributed by atoms with van der Waals surface area (Å²) in [4.78, 5) is 0. The van der Waals surface area contributed by atoms with Crippen LogP contribution in [0.2, 0.25) is 0 Å². The quantitative estimate of drug-likeness (QED) is 0.388. The van der Waals surface area contributed by atoms with E-state index >= 15 is 0 Å². The largest absolute Gasteiger partial charge is 0.285 e. The number of hydrogen-bond donors (Lipinski definition) is 1. The van der Waals surface area contributed by atoms with Gasteiger partial charge in [-0.15, -0.1) is 0 Å². The molecule has 1 aromatic rings. The highest BCUT2D eigenvalue weighted by Crippen LogP contribution is 2.12. The van der Waals surface area contributed by atoms with E-state index in [-0.39, 0.29) is 11.8 Å². The molecule has 0 aromatic carbocycles. The van der Waals surface area contributed by atoms with Crippen molar-refractivity contribution in [2.45, 2.75) is 71.4 Å². The molecule has 0 saturated heterocycles. The lowest BCUT2D eigenvalue weighted by Crippen LogP contribution is -2.31. The number of aromatic nitrogens is 2. The molecule has 0 fully saturated rings. The maximum atomic E-state index is 11.0. The Balaban J connectivity index is 2.41. The van der Waals surface area contributed by atoms with E-state index in [9.17, 15) is 8.42 Å². The SMILES string of the molecule is CCCCCCCC[n+]1ccn(C(CC)CS(=O)(=O)O)c1. The van der Waals surface area contributed by atoms with Crippen molar-refractivity contribution in [2.24, 2.45) is 0 Å². The van der Waals surface area contributed by atoms with Crippen molar-refractivity contribution in [1.29, 1.82) is 0 Å². The average Bonchev–Trinajstić information content (AvgIpc) is 2.87. The molecule has 1 N–H and O–H groups in total. The number of imidazole rings is 1. The Kier molecular flexibility index (Phi) is 7.96. The van der Waals surface area contributed by atoms with Crippen molar-refractivity contribution >= 4 is 10.1 Å². The summed E-state index contributed by atoms with van der Waals surface area (Å²) in [5, 5.41) is 0. The van der Waals surface area contributed by atoms with Crippen molar-refractivity contribution in [2.75, 3.05) is 5.75 Å². The van der Waals surface area contributed by atoms with Crippen molar-refractivity contribution in [1.82, 2.24) is 4.57 Å². The van der Waals surface area contributed by atoms with E-state index in [4.69, 9.17) is 4.55 Å². The standard InChI is InChI=1S/C15H28N2O3S/c1-3-5-6-7-8-9-10-16-11-12-17(14-16)15(4-2)13-21(18,19)20/h11-12,14-15H,3-10,13H2,1-2H3/p+1. The third-order valence-corrected chi connectivity index (χ3v) is 4.58. The van der Waals surface area contributed by atoms with Gasteiger partial charge in [-0.2, -0.15) is 8.42 Å². The summed E-state index contributed by atoms with van der Waals surface area (Å²) in [6, 6.07) is -0.203. The van der Waals surface area contributed by atoms with Crippen LogP contribution in [0.25, 0.3) is 0 Å². The van der Waals surface area contributed by atoms with E-state index in [2.05, 4.69) is 11.5 Å². The highest BCUT2D eigenvalue weighted by atomic mass is 32.2. The molecule has 0 saturated carbocycles. The van der Waals surface area contributed by atoms with Crippen molar-refractivity contribution in [3.63, 3.8) is 0 Å². The van der Waals surface area contributed by atoms with Crippen LogP contribution in [0.5, 0.6) is 0 Å². The molecule has 1 rings (SSSR count). The topological polar surface area (TPSA) is 63.2 Å². The van der Waals surface area contributed by atoms with Gasteiger partial charge in [-0.1, -0.05) is 39.5 Å². The number of nitrogens with zero attached hydrogens (tertiary/aromatic N) is 2. The molecule has 1 aromatic heterocycles. The van der Waals surface area contributed by atoms with E-state index in [1.54, 1.807) is 0 Å². The van der Waals surface area contributed by atoms with Crippen molar-refractivity contribution in [3.8, 4) is 0 Å². The van der Waals surface area contributed by atoms with Gasteiger partial charge >= 0.3 is 0 Å². The van der Waals surface area contributed by atoms with Crippen LogP contribution in [0.4, 0.5) is 0 Å².